The van der Waals surface area contributed by atoms with E-state index in [4.69, 9.17) is 4.74 Å². The van der Waals surface area contributed by atoms with Gasteiger partial charge in [-0.05, 0) is 60.8 Å². The van der Waals surface area contributed by atoms with Crippen LogP contribution in [0.25, 0.3) is 0 Å². The van der Waals surface area contributed by atoms with Crippen LogP contribution >= 0.6 is 15.9 Å². The third kappa shape index (κ3) is 6.93. The summed E-state index contributed by atoms with van der Waals surface area (Å²) in [6.07, 6.45) is 0.941. The maximum atomic E-state index is 11.8. The van der Waals surface area contributed by atoms with Gasteiger partial charge >= 0.3 is 0 Å². The summed E-state index contributed by atoms with van der Waals surface area (Å²) >= 11 is 3.41. The van der Waals surface area contributed by atoms with Crippen molar-refractivity contribution in [3.8, 4) is 5.75 Å². The molecule has 6 heteroatoms. The lowest BCUT2D eigenvalue weighted by Crippen LogP contribution is -2.45. The van der Waals surface area contributed by atoms with Crippen LogP contribution in [0.2, 0.25) is 0 Å². The molecule has 0 aliphatic carbocycles. The number of hydrogen-bond donors (Lipinski definition) is 2. The molecule has 1 aromatic carbocycles. The summed E-state index contributed by atoms with van der Waals surface area (Å²) in [5.74, 6) is 0.427. The Kier molecular flexibility index (Phi) is 6.87. The van der Waals surface area contributed by atoms with E-state index >= 15 is 0 Å². The first-order chi connectivity index (χ1) is 10.2. The number of carbonyl (C=O) groups is 2. The number of halogens is 1. The summed E-state index contributed by atoms with van der Waals surface area (Å²) in [5, 5.41) is 5.42. The molecule has 0 bridgehead atoms. The highest BCUT2D eigenvalue weighted by Gasteiger charge is 2.14. The van der Waals surface area contributed by atoms with Gasteiger partial charge in [0.25, 0.3) is 0 Å². The van der Waals surface area contributed by atoms with Gasteiger partial charge in [0.1, 0.15) is 5.75 Å². The zero-order valence-electron chi connectivity index (χ0n) is 13.5. The monoisotopic (exact) mass is 370 g/mol. The smallest absolute Gasteiger partial charge is 0.239 e. The van der Waals surface area contributed by atoms with Gasteiger partial charge < -0.3 is 15.4 Å². The minimum atomic E-state index is -0.294. The first-order valence-corrected chi connectivity index (χ1v) is 7.90. The Bertz CT molecular complexity index is 539. The normalized spacial score (nSPS) is 11.0. The van der Waals surface area contributed by atoms with Crippen molar-refractivity contribution >= 4 is 27.7 Å². The quantitative estimate of drug-likeness (QED) is 0.807. The van der Waals surface area contributed by atoms with Crippen molar-refractivity contribution in [3.05, 3.63) is 28.2 Å². The van der Waals surface area contributed by atoms with Gasteiger partial charge in [-0.25, -0.2) is 0 Å². The Morgan fingerprint density at radius 3 is 2.45 bits per heavy atom. The van der Waals surface area contributed by atoms with E-state index < -0.39 is 0 Å². The van der Waals surface area contributed by atoms with Crippen molar-refractivity contribution in [2.75, 3.05) is 13.7 Å². The highest BCUT2D eigenvalue weighted by Crippen LogP contribution is 2.25. The molecule has 0 saturated heterocycles. The molecule has 0 fully saturated rings. The Morgan fingerprint density at radius 2 is 1.91 bits per heavy atom. The molecule has 1 rings (SSSR count). The van der Waals surface area contributed by atoms with Crippen LogP contribution in [-0.2, 0) is 16.0 Å². The molecule has 122 valence electrons. The molecule has 5 nitrogen and oxygen atoms in total. The fraction of sp³-hybridized carbons (Fsp3) is 0.500. The highest BCUT2D eigenvalue weighted by atomic mass is 79.9. The highest BCUT2D eigenvalue weighted by molar-refractivity contribution is 9.10. The lowest BCUT2D eigenvalue weighted by Gasteiger charge is -2.20. The Hall–Kier alpha value is -1.56. The van der Waals surface area contributed by atoms with Crippen LogP contribution in [0.15, 0.2) is 22.7 Å². The number of nitrogens with one attached hydrogen (secondary N) is 2. The third-order valence-corrected chi connectivity index (χ3v) is 3.44. The summed E-state index contributed by atoms with van der Waals surface area (Å²) in [7, 11) is 1.61. The molecule has 22 heavy (non-hydrogen) atoms. The van der Waals surface area contributed by atoms with Gasteiger partial charge in [-0.3, -0.25) is 9.59 Å². The lowest BCUT2D eigenvalue weighted by atomic mass is 10.1. The number of amides is 2. The molecule has 0 heterocycles. The fourth-order valence-corrected chi connectivity index (χ4v) is 2.44. The number of methoxy groups -OCH3 is 1. The van der Waals surface area contributed by atoms with Gasteiger partial charge in [0.2, 0.25) is 11.8 Å². The van der Waals surface area contributed by atoms with Crippen molar-refractivity contribution in [3.63, 3.8) is 0 Å². The number of hydrogen-bond acceptors (Lipinski definition) is 3. The molecule has 0 aliphatic rings. The average Bonchev–Trinajstić information content (AvgIpc) is 2.41. The minimum absolute atomic E-state index is 0.00239. The maximum absolute atomic E-state index is 11.8. The van der Waals surface area contributed by atoms with Gasteiger partial charge in [-0.1, -0.05) is 6.07 Å². The van der Waals surface area contributed by atoms with Gasteiger partial charge in [0.05, 0.1) is 18.1 Å². The molecule has 0 aromatic heterocycles. The lowest BCUT2D eigenvalue weighted by molar-refractivity contribution is -0.126. The van der Waals surface area contributed by atoms with E-state index in [1.165, 1.54) is 0 Å². The van der Waals surface area contributed by atoms with Crippen LogP contribution in [0.4, 0.5) is 0 Å². The van der Waals surface area contributed by atoms with Crippen LogP contribution in [0, 0.1) is 0 Å². The maximum Gasteiger partial charge on any atom is 0.239 e. The fourth-order valence-electron chi connectivity index (χ4n) is 1.85. The van der Waals surface area contributed by atoms with Gasteiger partial charge in [0, 0.05) is 12.0 Å². The van der Waals surface area contributed by atoms with Gasteiger partial charge in [-0.15, -0.1) is 0 Å². The van der Waals surface area contributed by atoms with Crippen LogP contribution in [0.5, 0.6) is 5.75 Å². The number of benzene rings is 1. The zero-order valence-corrected chi connectivity index (χ0v) is 15.0. The second-order valence-corrected chi connectivity index (χ2v) is 6.90. The van der Waals surface area contributed by atoms with E-state index in [0.717, 1.165) is 15.8 Å². The van der Waals surface area contributed by atoms with Gasteiger partial charge in [0.15, 0.2) is 0 Å². The summed E-state index contributed by atoms with van der Waals surface area (Å²) in [4.78, 5) is 23.4. The van der Waals surface area contributed by atoms with Crippen molar-refractivity contribution < 1.29 is 14.3 Å². The number of carbonyl (C=O) groups excluding carboxylic acids is 2. The van der Waals surface area contributed by atoms with Crippen molar-refractivity contribution in [2.45, 2.75) is 39.2 Å². The molecule has 0 spiro atoms. The Morgan fingerprint density at radius 1 is 1.23 bits per heavy atom. The van der Waals surface area contributed by atoms with Crippen LogP contribution in [0.3, 0.4) is 0 Å². The minimum Gasteiger partial charge on any atom is -0.496 e. The molecule has 0 radical (unpaired) electrons. The topological polar surface area (TPSA) is 67.4 Å². The molecular formula is C16H23BrN2O3. The first-order valence-electron chi connectivity index (χ1n) is 7.11. The summed E-state index contributed by atoms with van der Waals surface area (Å²) < 4.78 is 6.02. The number of aryl methyl sites for hydroxylation is 1. The van der Waals surface area contributed by atoms with Crippen LogP contribution in [-0.4, -0.2) is 31.0 Å². The molecule has 2 amide bonds. The van der Waals surface area contributed by atoms with E-state index in [9.17, 15) is 9.59 Å². The SMILES string of the molecule is COc1ccc(CCC(=O)NCC(=O)NC(C)(C)C)cc1Br. The predicted octanol–water partition coefficient (Wildman–Crippen LogP) is 2.42. The van der Waals surface area contributed by atoms with Crippen molar-refractivity contribution in [1.29, 1.82) is 0 Å². The molecule has 2 N–H and O–H groups in total. The Labute approximate surface area is 139 Å². The molecule has 0 aliphatic heterocycles. The molecule has 1 aromatic rings. The molecule has 0 unspecified atom stereocenters. The largest absolute Gasteiger partial charge is 0.496 e. The van der Waals surface area contributed by atoms with E-state index in [1.54, 1.807) is 7.11 Å². The molecule has 0 saturated carbocycles. The predicted molar refractivity (Wildman–Crippen MR) is 89.9 cm³/mol. The standard InChI is InChI=1S/C16H23BrN2O3/c1-16(2,3)19-15(21)10-18-14(20)8-6-11-5-7-13(22-4)12(17)9-11/h5,7,9H,6,8,10H2,1-4H3,(H,18,20)(H,19,21). The number of rotatable bonds is 6. The second-order valence-electron chi connectivity index (χ2n) is 6.04. The van der Waals surface area contributed by atoms with Crippen LogP contribution in [0.1, 0.15) is 32.8 Å². The molecule has 0 atom stereocenters. The Balaban J connectivity index is 2.37. The van der Waals surface area contributed by atoms with E-state index in [0.29, 0.717) is 12.8 Å². The average molecular weight is 371 g/mol. The number of ether oxygens (including phenoxy) is 1. The van der Waals surface area contributed by atoms with E-state index in [2.05, 4.69) is 26.6 Å². The van der Waals surface area contributed by atoms with Crippen molar-refractivity contribution in [1.82, 2.24) is 10.6 Å². The summed E-state index contributed by atoms with van der Waals surface area (Å²) in [5.41, 5.74) is 0.735. The summed E-state index contributed by atoms with van der Waals surface area (Å²) in [6, 6.07) is 5.70. The van der Waals surface area contributed by atoms with Crippen LogP contribution < -0.4 is 15.4 Å². The van der Waals surface area contributed by atoms with E-state index in [1.807, 2.05) is 39.0 Å². The molecular weight excluding hydrogens is 348 g/mol. The second kappa shape index (κ2) is 8.17. The third-order valence-electron chi connectivity index (χ3n) is 2.82. The van der Waals surface area contributed by atoms with Gasteiger partial charge in [-0.2, -0.15) is 0 Å². The van der Waals surface area contributed by atoms with Crippen molar-refractivity contribution in [2.24, 2.45) is 0 Å². The summed E-state index contributed by atoms with van der Waals surface area (Å²) in [6.45, 7) is 5.69. The zero-order chi connectivity index (χ0) is 16.8. The van der Waals surface area contributed by atoms with E-state index in [-0.39, 0.29) is 23.9 Å². The first kappa shape index (κ1) is 18.5.